The number of thiophene rings is 1. The molecule has 3 heterocycles. The van der Waals surface area contributed by atoms with Crippen molar-refractivity contribution in [3.05, 3.63) is 82.4 Å². The number of hydrogen-bond donors (Lipinski definition) is 1. The normalized spacial score (nSPS) is 14.8. The number of rotatable bonds is 7. The van der Waals surface area contributed by atoms with Crippen molar-refractivity contribution in [1.82, 2.24) is 20.4 Å². The molecule has 1 saturated heterocycles. The van der Waals surface area contributed by atoms with E-state index in [1.54, 1.807) is 62.8 Å². The van der Waals surface area contributed by atoms with Gasteiger partial charge >= 0.3 is 6.03 Å². The van der Waals surface area contributed by atoms with E-state index in [4.69, 9.17) is 14.0 Å². The molecule has 9 nitrogen and oxygen atoms in total. The molecule has 0 bridgehead atoms. The monoisotopic (exact) mass is 476 g/mol. The maximum Gasteiger partial charge on any atom is 0.326 e. The molecule has 0 aliphatic carbocycles. The molecule has 1 N–H and O–H groups in total. The number of methoxy groups -OCH3 is 2. The summed E-state index contributed by atoms with van der Waals surface area (Å²) >= 11 is 1.51. The zero-order valence-corrected chi connectivity index (χ0v) is 19.2. The first-order valence-electron chi connectivity index (χ1n) is 10.3. The maximum atomic E-state index is 13.9. The smallest absolute Gasteiger partial charge is 0.326 e. The van der Waals surface area contributed by atoms with Crippen LogP contribution >= 0.6 is 11.3 Å². The zero-order valence-electron chi connectivity index (χ0n) is 18.3. The third kappa shape index (κ3) is 3.57. The van der Waals surface area contributed by atoms with Crippen LogP contribution in [0.5, 0.6) is 11.5 Å². The summed E-state index contributed by atoms with van der Waals surface area (Å²) in [5.41, 5.74) is 0.543. The van der Waals surface area contributed by atoms with Crippen LogP contribution in [0.4, 0.5) is 4.79 Å². The zero-order chi connectivity index (χ0) is 23.7. The van der Waals surface area contributed by atoms with Gasteiger partial charge in [-0.25, -0.2) is 4.79 Å². The van der Waals surface area contributed by atoms with Crippen molar-refractivity contribution >= 4 is 23.3 Å². The van der Waals surface area contributed by atoms with Crippen LogP contribution in [0.1, 0.15) is 17.0 Å². The minimum Gasteiger partial charge on any atom is -0.497 e. The van der Waals surface area contributed by atoms with Gasteiger partial charge in [0, 0.05) is 10.9 Å². The average Bonchev–Trinajstić information content (AvgIpc) is 3.62. The van der Waals surface area contributed by atoms with Crippen LogP contribution in [0.2, 0.25) is 0 Å². The van der Waals surface area contributed by atoms with Gasteiger partial charge in [-0.3, -0.25) is 9.69 Å². The van der Waals surface area contributed by atoms with Crippen LogP contribution in [0.25, 0.3) is 11.4 Å². The lowest BCUT2D eigenvalue weighted by Gasteiger charge is -2.28. The second-order valence-electron chi connectivity index (χ2n) is 7.55. The fourth-order valence-electron chi connectivity index (χ4n) is 3.92. The number of ether oxygens (including phenoxy) is 2. The summed E-state index contributed by atoms with van der Waals surface area (Å²) < 4.78 is 15.8. The Bertz CT molecular complexity index is 1270. The fraction of sp³-hybridized carbons (Fsp3) is 0.167. The van der Waals surface area contributed by atoms with E-state index in [9.17, 15) is 9.59 Å². The van der Waals surface area contributed by atoms with Crippen LogP contribution in [0, 0.1) is 0 Å². The number of nitrogens with zero attached hydrogens (tertiary/aromatic N) is 3. The fourth-order valence-corrected chi connectivity index (χ4v) is 4.56. The molecular formula is C24H20N4O5S. The first-order valence-corrected chi connectivity index (χ1v) is 11.3. The summed E-state index contributed by atoms with van der Waals surface area (Å²) in [7, 11) is 3.13. The molecule has 0 saturated carbocycles. The molecule has 1 aliphatic heterocycles. The number of hydrogen-bond acceptors (Lipinski definition) is 8. The molecule has 0 spiro atoms. The van der Waals surface area contributed by atoms with E-state index in [0.29, 0.717) is 28.5 Å². The van der Waals surface area contributed by atoms with E-state index in [2.05, 4.69) is 15.5 Å². The van der Waals surface area contributed by atoms with Crippen LogP contribution in [0.3, 0.4) is 0 Å². The molecule has 3 amide bonds. The van der Waals surface area contributed by atoms with Crippen molar-refractivity contribution in [2.24, 2.45) is 0 Å². The number of aromatic nitrogens is 2. The Morgan fingerprint density at radius 3 is 2.12 bits per heavy atom. The number of imide groups is 1. The van der Waals surface area contributed by atoms with E-state index < -0.39 is 17.5 Å². The molecule has 2 aromatic carbocycles. The minimum atomic E-state index is -1.44. The first-order chi connectivity index (χ1) is 16.5. The summed E-state index contributed by atoms with van der Waals surface area (Å²) in [5.74, 6) is 1.37. The number of nitrogens with one attached hydrogen (secondary N) is 1. The molecule has 1 fully saturated rings. The highest BCUT2D eigenvalue weighted by Crippen LogP contribution is 2.38. The van der Waals surface area contributed by atoms with Gasteiger partial charge < -0.3 is 19.3 Å². The van der Waals surface area contributed by atoms with Gasteiger partial charge in [0.05, 0.1) is 14.2 Å². The molecule has 2 aromatic heterocycles. The number of amides is 3. The molecule has 34 heavy (non-hydrogen) atoms. The van der Waals surface area contributed by atoms with Gasteiger partial charge in [0.15, 0.2) is 5.54 Å². The van der Waals surface area contributed by atoms with Gasteiger partial charge in [-0.05, 0) is 46.8 Å². The topological polar surface area (TPSA) is 107 Å². The summed E-state index contributed by atoms with van der Waals surface area (Å²) in [4.78, 5) is 32.4. The quantitative estimate of drug-likeness (QED) is 0.404. The van der Waals surface area contributed by atoms with Gasteiger partial charge in [-0.15, -0.1) is 0 Å². The minimum absolute atomic E-state index is 0.157. The van der Waals surface area contributed by atoms with E-state index in [1.807, 2.05) is 16.8 Å². The molecule has 1 aliphatic rings. The number of carbonyl (C=O) groups is 2. The lowest BCUT2D eigenvalue weighted by molar-refractivity contribution is -0.130. The maximum absolute atomic E-state index is 13.9. The lowest BCUT2D eigenvalue weighted by Crippen LogP contribution is -2.45. The Kier molecular flexibility index (Phi) is 5.50. The second kappa shape index (κ2) is 8.64. The molecule has 0 radical (unpaired) electrons. The van der Waals surface area contributed by atoms with Crippen LogP contribution in [0.15, 0.2) is 69.9 Å². The average molecular weight is 477 g/mol. The van der Waals surface area contributed by atoms with Crippen molar-refractivity contribution in [3.63, 3.8) is 0 Å². The van der Waals surface area contributed by atoms with E-state index in [1.165, 1.54) is 11.3 Å². The second-order valence-corrected chi connectivity index (χ2v) is 8.33. The third-order valence-electron chi connectivity index (χ3n) is 5.69. The SMILES string of the molecule is COc1ccc(C2(c3ccc(OC)cc3)NC(=O)N(Cc3nc(-c4ccsc4)no3)C2=O)cc1. The molecule has 0 atom stereocenters. The van der Waals surface area contributed by atoms with E-state index in [-0.39, 0.29) is 12.4 Å². The molecular weight excluding hydrogens is 456 g/mol. The van der Waals surface area contributed by atoms with Crippen LogP contribution in [-0.2, 0) is 16.9 Å². The molecule has 10 heteroatoms. The Labute approximate surface area is 198 Å². The third-order valence-corrected chi connectivity index (χ3v) is 6.38. The Morgan fingerprint density at radius 2 is 1.59 bits per heavy atom. The largest absolute Gasteiger partial charge is 0.497 e. The van der Waals surface area contributed by atoms with E-state index in [0.717, 1.165) is 10.5 Å². The van der Waals surface area contributed by atoms with Gasteiger partial charge in [0.2, 0.25) is 11.7 Å². The summed E-state index contributed by atoms with van der Waals surface area (Å²) in [6.45, 7) is -0.157. The van der Waals surface area contributed by atoms with Crippen molar-refractivity contribution in [3.8, 4) is 22.9 Å². The Hall–Kier alpha value is -4.18. The van der Waals surface area contributed by atoms with Gasteiger partial charge in [-0.2, -0.15) is 16.3 Å². The standard InChI is InChI=1S/C24H20N4O5S/c1-31-18-7-3-16(4-8-18)24(17-5-9-19(32-2)10-6-17)22(29)28(23(30)26-24)13-20-25-21(27-33-20)15-11-12-34-14-15/h3-12,14H,13H2,1-2H3,(H,26,30). The van der Waals surface area contributed by atoms with Crippen LogP contribution < -0.4 is 14.8 Å². The van der Waals surface area contributed by atoms with Gasteiger partial charge in [-0.1, -0.05) is 29.4 Å². The highest BCUT2D eigenvalue weighted by Gasteiger charge is 2.54. The Balaban J connectivity index is 1.52. The highest BCUT2D eigenvalue weighted by atomic mass is 32.1. The Morgan fingerprint density at radius 1 is 0.971 bits per heavy atom. The summed E-state index contributed by atoms with van der Waals surface area (Å²) in [6.07, 6.45) is 0. The molecule has 172 valence electrons. The van der Waals surface area contributed by atoms with Gasteiger partial charge in [0.1, 0.15) is 18.0 Å². The highest BCUT2D eigenvalue weighted by molar-refractivity contribution is 7.08. The number of carbonyl (C=O) groups excluding carboxylic acids is 2. The van der Waals surface area contributed by atoms with Crippen molar-refractivity contribution in [2.75, 3.05) is 14.2 Å². The lowest BCUT2D eigenvalue weighted by atomic mass is 9.82. The predicted octanol–water partition coefficient (Wildman–Crippen LogP) is 3.81. The molecule has 5 rings (SSSR count). The summed E-state index contributed by atoms with van der Waals surface area (Å²) in [6, 6.07) is 15.3. The summed E-state index contributed by atoms with van der Waals surface area (Å²) in [5, 5.41) is 10.7. The van der Waals surface area contributed by atoms with Crippen LogP contribution in [-0.4, -0.2) is 41.2 Å². The van der Waals surface area contributed by atoms with Gasteiger partial charge in [0.25, 0.3) is 5.91 Å². The first kappa shape index (κ1) is 21.7. The van der Waals surface area contributed by atoms with Crippen molar-refractivity contribution in [1.29, 1.82) is 0 Å². The molecule has 4 aromatic rings. The van der Waals surface area contributed by atoms with Crippen molar-refractivity contribution in [2.45, 2.75) is 12.1 Å². The van der Waals surface area contributed by atoms with Crippen molar-refractivity contribution < 1.29 is 23.6 Å². The molecule has 0 unspecified atom stereocenters. The predicted molar refractivity (Wildman–Crippen MR) is 123 cm³/mol. The number of urea groups is 1. The van der Waals surface area contributed by atoms with E-state index >= 15 is 0 Å². The number of benzene rings is 2.